The van der Waals surface area contributed by atoms with Gasteiger partial charge in [0.25, 0.3) is 16.8 Å². The Morgan fingerprint density at radius 3 is 2.39 bits per heavy atom. The van der Waals surface area contributed by atoms with E-state index in [-0.39, 0.29) is 40.6 Å². The number of anilines is 3. The number of halogens is 1. The number of carbonyl (C=O) groups is 1. The highest BCUT2D eigenvalue weighted by Gasteiger charge is 2.35. The molecule has 0 saturated carbocycles. The van der Waals surface area contributed by atoms with E-state index in [2.05, 4.69) is 10.6 Å². The maximum Gasteiger partial charge on any atom is 0.280 e. The molecule has 1 aliphatic heterocycles. The minimum absolute atomic E-state index is 0.0521. The molecule has 1 aliphatic rings. The Morgan fingerprint density at radius 2 is 1.77 bits per heavy atom. The summed E-state index contributed by atoms with van der Waals surface area (Å²) in [5, 5.41) is 16.7. The molecule has 4 rings (SSSR count). The van der Waals surface area contributed by atoms with Gasteiger partial charge in [0.05, 0.1) is 23.8 Å². The first-order valence-corrected chi connectivity index (χ1v) is 10.1. The van der Waals surface area contributed by atoms with E-state index in [1.54, 1.807) is 6.07 Å². The van der Waals surface area contributed by atoms with Gasteiger partial charge in [-0.25, -0.2) is 5.06 Å². The fourth-order valence-corrected chi connectivity index (χ4v) is 3.94. The van der Waals surface area contributed by atoms with Crippen molar-refractivity contribution in [3.63, 3.8) is 0 Å². The van der Waals surface area contributed by atoms with Gasteiger partial charge in [-0.2, -0.15) is 0 Å². The van der Waals surface area contributed by atoms with Crippen LogP contribution in [0.3, 0.4) is 0 Å². The Bertz CT molecular complexity index is 1260. The van der Waals surface area contributed by atoms with Crippen LogP contribution in [0.1, 0.15) is 54.3 Å². The van der Waals surface area contributed by atoms with Gasteiger partial charge in [0.1, 0.15) is 22.9 Å². The standard InChI is InChI=1S/C22H22ClN3O5/c1-10-5-8-14(31-10)20(22(2,3)4)25-17-16(18(27)19(17)28)24-13-7-6-12(23)11-9-26(30)21(29)15(11)13/h5-8,20,24-25,30H,9H2,1-4H3/t20-/m0/s1. The van der Waals surface area contributed by atoms with Crippen LogP contribution in [0.25, 0.3) is 0 Å². The van der Waals surface area contributed by atoms with E-state index < -0.39 is 16.8 Å². The summed E-state index contributed by atoms with van der Waals surface area (Å²) in [6.45, 7) is 7.74. The van der Waals surface area contributed by atoms with Gasteiger partial charge in [-0.05, 0) is 36.6 Å². The van der Waals surface area contributed by atoms with E-state index in [1.165, 1.54) is 6.07 Å². The van der Waals surface area contributed by atoms with Crippen LogP contribution in [-0.4, -0.2) is 16.2 Å². The summed E-state index contributed by atoms with van der Waals surface area (Å²) in [4.78, 5) is 37.1. The van der Waals surface area contributed by atoms with E-state index in [0.29, 0.717) is 21.4 Å². The first-order chi connectivity index (χ1) is 14.5. The zero-order chi connectivity index (χ0) is 22.7. The van der Waals surface area contributed by atoms with Crippen molar-refractivity contribution in [3.8, 4) is 0 Å². The summed E-state index contributed by atoms with van der Waals surface area (Å²) in [6, 6.07) is 6.39. The zero-order valence-corrected chi connectivity index (χ0v) is 18.3. The molecule has 0 aliphatic carbocycles. The lowest BCUT2D eigenvalue weighted by molar-refractivity contribution is -0.0578. The fraction of sp³-hybridized carbons (Fsp3) is 0.318. The summed E-state index contributed by atoms with van der Waals surface area (Å²) in [5.41, 5.74) is -0.603. The molecule has 0 fully saturated rings. The number of fused-ring (bicyclic) bond motifs is 1. The number of hydroxylamine groups is 2. The molecule has 31 heavy (non-hydrogen) atoms. The van der Waals surface area contributed by atoms with E-state index >= 15 is 0 Å². The van der Waals surface area contributed by atoms with Crippen LogP contribution in [0, 0.1) is 12.3 Å². The van der Waals surface area contributed by atoms with Gasteiger partial charge in [-0.3, -0.25) is 19.6 Å². The monoisotopic (exact) mass is 443 g/mol. The maximum absolute atomic E-state index is 12.4. The SMILES string of the molecule is Cc1ccc([C@H](Nc2c(Nc3ccc(Cl)c4c3C(=O)N(O)C4)c(=O)c2=O)C(C)(C)C)o1. The minimum atomic E-state index is -0.694. The predicted octanol–water partition coefficient (Wildman–Crippen LogP) is 4.13. The molecule has 0 saturated heterocycles. The van der Waals surface area contributed by atoms with Gasteiger partial charge in [0.2, 0.25) is 0 Å². The van der Waals surface area contributed by atoms with E-state index in [1.807, 2.05) is 39.8 Å². The molecular formula is C22H22ClN3O5. The molecule has 0 unspecified atom stereocenters. The molecule has 1 amide bonds. The second-order valence-corrected chi connectivity index (χ2v) is 9.14. The number of aryl methyl sites for hydroxylation is 1. The Labute approximate surface area is 183 Å². The molecule has 1 aromatic heterocycles. The number of benzene rings is 1. The molecule has 9 heteroatoms. The van der Waals surface area contributed by atoms with Crippen LogP contribution in [0.15, 0.2) is 38.3 Å². The molecule has 2 aromatic carbocycles. The second-order valence-electron chi connectivity index (χ2n) is 8.74. The van der Waals surface area contributed by atoms with E-state index in [9.17, 15) is 19.6 Å². The van der Waals surface area contributed by atoms with Crippen molar-refractivity contribution in [3.05, 3.63) is 72.4 Å². The number of carbonyl (C=O) groups excluding carboxylic acids is 1. The summed E-state index contributed by atoms with van der Waals surface area (Å²) >= 11 is 6.15. The van der Waals surface area contributed by atoms with Crippen LogP contribution in [-0.2, 0) is 6.54 Å². The van der Waals surface area contributed by atoms with Crippen molar-refractivity contribution < 1.29 is 14.4 Å². The van der Waals surface area contributed by atoms with Crippen molar-refractivity contribution >= 4 is 34.6 Å². The highest BCUT2D eigenvalue weighted by atomic mass is 35.5. The number of nitrogens with one attached hydrogen (secondary N) is 2. The third-order valence-corrected chi connectivity index (χ3v) is 5.74. The van der Waals surface area contributed by atoms with Crippen molar-refractivity contribution in [2.45, 2.75) is 40.3 Å². The summed E-state index contributed by atoms with van der Waals surface area (Å²) < 4.78 is 5.76. The highest BCUT2D eigenvalue weighted by Crippen LogP contribution is 2.39. The van der Waals surface area contributed by atoms with Gasteiger partial charge < -0.3 is 15.1 Å². The topological polar surface area (TPSA) is 112 Å². The quantitative estimate of drug-likeness (QED) is 0.401. The van der Waals surface area contributed by atoms with E-state index in [0.717, 1.165) is 5.76 Å². The average molecular weight is 444 g/mol. The lowest BCUT2D eigenvalue weighted by Crippen LogP contribution is -2.39. The molecule has 2 heterocycles. The fourth-order valence-electron chi connectivity index (χ4n) is 3.73. The second kappa shape index (κ2) is 7.25. The van der Waals surface area contributed by atoms with Gasteiger partial charge in [0.15, 0.2) is 0 Å². The molecule has 3 aromatic rings. The largest absolute Gasteiger partial charge is 0.464 e. The number of amides is 1. The van der Waals surface area contributed by atoms with Crippen LogP contribution >= 0.6 is 11.6 Å². The molecule has 162 valence electrons. The lowest BCUT2D eigenvalue weighted by Gasteiger charge is -2.31. The smallest absolute Gasteiger partial charge is 0.280 e. The van der Waals surface area contributed by atoms with E-state index in [4.69, 9.17) is 16.0 Å². The third-order valence-electron chi connectivity index (χ3n) is 5.38. The first-order valence-electron chi connectivity index (χ1n) is 9.74. The number of rotatable bonds is 5. The average Bonchev–Trinajstić information content (AvgIpc) is 3.25. The first kappa shape index (κ1) is 21.1. The Hall–Kier alpha value is -3.10. The number of furan rings is 1. The minimum Gasteiger partial charge on any atom is -0.464 e. The summed E-state index contributed by atoms with van der Waals surface area (Å²) in [5.74, 6) is 0.743. The van der Waals surface area contributed by atoms with Gasteiger partial charge in [-0.15, -0.1) is 0 Å². The van der Waals surface area contributed by atoms with Crippen molar-refractivity contribution in [1.82, 2.24) is 5.06 Å². The molecule has 3 N–H and O–H groups in total. The van der Waals surface area contributed by atoms with Crippen molar-refractivity contribution in [2.24, 2.45) is 5.41 Å². The molecule has 0 spiro atoms. The molecule has 0 radical (unpaired) electrons. The van der Waals surface area contributed by atoms with Crippen LogP contribution in [0.4, 0.5) is 17.1 Å². The van der Waals surface area contributed by atoms with Crippen LogP contribution in [0.5, 0.6) is 0 Å². The van der Waals surface area contributed by atoms with Gasteiger partial charge >= 0.3 is 0 Å². The molecular weight excluding hydrogens is 422 g/mol. The molecule has 8 nitrogen and oxygen atoms in total. The molecule has 0 bridgehead atoms. The third kappa shape index (κ3) is 3.51. The van der Waals surface area contributed by atoms with Crippen molar-refractivity contribution in [1.29, 1.82) is 0 Å². The Kier molecular flexibility index (Phi) is 4.94. The van der Waals surface area contributed by atoms with Crippen LogP contribution < -0.4 is 21.5 Å². The number of nitrogens with zero attached hydrogens (tertiary/aromatic N) is 1. The number of hydrogen-bond donors (Lipinski definition) is 3. The van der Waals surface area contributed by atoms with Gasteiger partial charge in [-0.1, -0.05) is 32.4 Å². The summed E-state index contributed by atoms with van der Waals surface area (Å²) in [7, 11) is 0. The van der Waals surface area contributed by atoms with Gasteiger partial charge in [0, 0.05) is 10.6 Å². The Morgan fingerprint density at radius 1 is 1.10 bits per heavy atom. The van der Waals surface area contributed by atoms with Crippen LogP contribution in [0.2, 0.25) is 5.02 Å². The number of hydrogen-bond acceptors (Lipinski definition) is 7. The Balaban J connectivity index is 1.71. The summed E-state index contributed by atoms with van der Waals surface area (Å²) in [6.07, 6.45) is 0. The normalized spacial score (nSPS) is 14.8. The predicted molar refractivity (Wildman–Crippen MR) is 117 cm³/mol. The lowest BCUT2D eigenvalue weighted by atomic mass is 9.85. The van der Waals surface area contributed by atoms with Crippen molar-refractivity contribution in [2.75, 3.05) is 10.6 Å². The highest BCUT2D eigenvalue weighted by molar-refractivity contribution is 6.32. The zero-order valence-electron chi connectivity index (χ0n) is 17.5. The molecule has 1 atom stereocenters. The maximum atomic E-state index is 12.4.